The summed E-state index contributed by atoms with van der Waals surface area (Å²) in [6.07, 6.45) is 0. The first-order valence-electron chi connectivity index (χ1n) is 5.58. The minimum Gasteiger partial charge on any atom is -0.370 e. The lowest BCUT2D eigenvalue weighted by atomic mass is 10.0. The molecule has 0 saturated heterocycles. The van der Waals surface area contributed by atoms with Crippen LogP contribution in [-0.2, 0) is 6.54 Å². The van der Waals surface area contributed by atoms with Crippen LogP contribution in [-0.4, -0.2) is 5.96 Å². The molecule has 1 aliphatic heterocycles. The van der Waals surface area contributed by atoms with Crippen LogP contribution in [0.3, 0.4) is 0 Å². The van der Waals surface area contributed by atoms with Gasteiger partial charge in [0.15, 0.2) is 5.96 Å². The minimum atomic E-state index is 0.491. The van der Waals surface area contributed by atoms with E-state index >= 15 is 0 Å². The first-order valence-corrected chi connectivity index (χ1v) is 5.58. The molecule has 3 rings (SSSR count). The fraction of sp³-hybridized carbons (Fsp3) is 0.0714. The van der Waals surface area contributed by atoms with Gasteiger partial charge in [-0.05, 0) is 28.8 Å². The van der Waals surface area contributed by atoms with Crippen molar-refractivity contribution in [2.24, 2.45) is 10.7 Å². The van der Waals surface area contributed by atoms with Crippen molar-refractivity contribution in [3.05, 3.63) is 54.1 Å². The average Bonchev–Trinajstić information content (AvgIpc) is 2.39. The molecule has 0 saturated carbocycles. The molecule has 2 aromatic rings. The highest BCUT2D eigenvalue weighted by atomic mass is 15.1. The quantitative estimate of drug-likeness (QED) is 0.780. The van der Waals surface area contributed by atoms with Crippen molar-refractivity contribution in [2.75, 3.05) is 5.32 Å². The Kier molecular flexibility index (Phi) is 2.29. The number of hydrogen-bond acceptors (Lipinski definition) is 3. The molecule has 2 aromatic carbocycles. The lowest BCUT2D eigenvalue weighted by Gasteiger charge is -2.16. The Morgan fingerprint density at radius 3 is 2.65 bits per heavy atom. The third kappa shape index (κ3) is 1.87. The Labute approximate surface area is 100.0 Å². The smallest absolute Gasteiger partial charge is 0.193 e. The molecule has 84 valence electrons. The minimum absolute atomic E-state index is 0.491. The number of nitrogens with zero attached hydrogens (tertiary/aromatic N) is 1. The molecule has 0 atom stereocenters. The molecule has 0 radical (unpaired) electrons. The van der Waals surface area contributed by atoms with Crippen molar-refractivity contribution in [2.45, 2.75) is 6.54 Å². The van der Waals surface area contributed by atoms with E-state index < -0.39 is 0 Å². The highest BCUT2D eigenvalue weighted by molar-refractivity contribution is 5.95. The van der Waals surface area contributed by atoms with E-state index in [9.17, 15) is 0 Å². The normalized spacial score (nSPS) is 13.5. The maximum atomic E-state index is 5.64. The molecule has 0 amide bonds. The summed E-state index contributed by atoms with van der Waals surface area (Å²) in [5.41, 5.74) is 10.3. The second-order valence-electron chi connectivity index (χ2n) is 4.06. The molecule has 0 fully saturated rings. The lowest BCUT2D eigenvalue weighted by Crippen LogP contribution is -2.26. The van der Waals surface area contributed by atoms with Gasteiger partial charge in [-0.2, -0.15) is 0 Å². The molecule has 1 aliphatic rings. The molecule has 0 spiro atoms. The molecule has 1 heterocycles. The monoisotopic (exact) mass is 223 g/mol. The van der Waals surface area contributed by atoms with Crippen LogP contribution in [0.1, 0.15) is 5.56 Å². The Hall–Kier alpha value is -2.29. The van der Waals surface area contributed by atoms with Crippen molar-refractivity contribution in [1.29, 1.82) is 0 Å². The van der Waals surface area contributed by atoms with Crippen LogP contribution in [0.5, 0.6) is 0 Å². The van der Waals surface area contributed by atoms with Gasteiger partial charge < -0.3 is 11.1 Å². The molecule has 0 aliphatic carbocycles. The zero-order valence-electron chi connectivity index (χ0n) is 9.35. The van der Waals surface area contributed by atoms with E-state index in [0.29, 0.717) is 12.5 Å². The summed E-state index contributed by atoms with van der Waals surface area (Å²) >= 11 is 0. The molecule has 0 bridgehead atoms. The highest BCUT2D eigenvalue weighted by Crippen LogP contribution is 2.27. The molecule has 17 heavy (non-hydrogen) atoms. The number of rotatable bonds is 1. The van der Waals surface area contributed by atoms with Gasteiger partial charge >= 0.3 is 0 Å². The maximum absolute atomic E-state index is 5.64. The fourth-order valence-corrected chi connectivity index (χ4v) is 2.00. The van der Waals surface area contributed by atoms with Gasteiger partial charge in [0.2, 0.25) is 0 Å². The number of aliphatic imine (C=N–C) groups is 1. The van der Waals surface area contributed by atoms with E-state index in [-0.39, 0.29) is 0 Å². The summed E-state index contributed by atoms with van der Waals surface area (Å²) in [5.74, 6) is 0.491. The predicted octanol–water partition coefficient (Wildman–Crippen LogP) is 2.59. The van der Waals surface area contributed by atoms with Crippen molar-refractivity contribution in [1.82, 2.24) is 0 Å². The van der Waals surface area contributed by atoms with E-state index in [4.69, 9.17) is 5.73 Å². The highest BCUT2D eigenvalue weighted by Gasteiger charge is 2.10. The zero-order chi connectivity index (χ0) is 11.7. The van der Waals surface area contributed by atoms with Crippen LogP contribution in [0, 0.1) is 0 Å². The summed E-state index contributed by atoms with van der Waals surface area (Å²) < 4.78 is 0. The van der Waals surface area contributed by atoms with Crippen LogP contribution in [0.4, 0.5) is 5.69 Å². The number of guanidine groups is 1. The number of anilines is 1. The molecular weight excluding hydrogens is 210 g/mol. The second kappa shape index (κ2) is 3.94. The molecule has 3 nitrogen and oxygen atoms in total. The van der Waals surface area contributed by atoms with Gasteiger partial charge in [-0.25, -0.2) is 4.99 Å². The summed E-state index contributed by atoms with van der Waals surface area (Å²) in [6.45, 7) is 0.648. The second-order valence-corrected chi connectivity index (χ2v) is 4.06. The molecule has 3 heteroatoms. The van der Waals surface area contributed by atoms with Gasteiger partial charge in [0.1, 0.15) is 0 Å². The van der Waals surface area contributed by atoms with E-state index in [1.807, 2.05) is 18.2 Å². The van der Waals surface area contributed by atoms with E-state index in [0.717, 1.165) is 5.69 Å². The van der Waals surface area contributed by atoms with E-state index in [1.165, 1.54) is 16.7 Å². The number of fused-ring (bicyclic) bond motifs is 1. The largest absolute Gasteiger partial charge is 0.370 e. The lowest BCUT2D eigenvalue weighted by molar-refractivity contribution is 1.04. The van der Waals surface area contributed by atoms with Crippen molar-refractivity contribution in [3.8, 4) is 11.1 Å². The van der Waals surface area contributed by atoms with Crippen LogP contribution >= 0.6 is 0 Å². The topological polar surface area (TPSA) is 50.4 Å². The number of nitrogens with two attached hydrogens (primary N) is 1. The van der Waals surface area contributed by atoms with Gasteiger partial charge in [0.25, 0.3) is 0 Å². The summed E-state index contributed by atoms with van der Waals surface area (Å²) in [4.78, 5) is 4.19. The van der Waals surface area contributed by atoms with E-state index in [2.05, 4.69) is 40.6 Å². The first kappa shape index (κ1) is 9.90. The van der Waals surface area contributed by atoms with Crippen molar-refractivity contribution < 1.29 is 0 Å². The SMILES string of the molecule is NC1=NCc2cc(-c3ccccc3)ccc2N1. The summed E-state index contributed by atoms with van der Waals surface area (Å²) in [6, 6.07) is 16.6. The van der Waals surface area contributed by atoms with Crippen LogP contribution in [0.25, 0.3) is 11.1 Å². The Bertz CT molecular complexity index is 573. The first-order chi connectivity index (χ1) is 8.33. The Morgan fingerprint density at radius 2 is 1.82 bits per heavy atom. The van der Waals surface area contributed by atoms with Crippen LogP contribution < -0.4 is 11.1 Å². The summed E-state index contributed by atoms with van der Waals surface area (Å²) in [7, 11) is 0. The van der Waals surface area contributed by atoms with Gasteiger partial charge in [-0.1, -0.05) is 36.4 Å². The summed E-state index contributed by atoms with van der Waals surface area (Å²) in [5, 5.41) is 3.07. The number of nitrogens with one attached hydrogen (secondary N) is 1. The zero-order valence-corrected chi connectivity index (χ0v) is 9.35. The fourth-order valence-electron chi connectivity index (χ4n) is 2.00. The standard InChI is InChI=1S/C14H13N3/c15-14-16-9-12-8-11(6-7-13(12)17-14)10-4-2-1-3-5-10/h1-8H,9H2,(H3,15,16,17). The maximum Gasteiger partial charge on any atom is 0.193 e. The predicted molar refractivity (Wildman–Crippen MR) is 70.8 cm³/mol. The van der Waals surface area contributed by atoms with Gasteiger partial charge in [0.05, 0.1) is 6.54 Å². The molecule has 0 aromatic heterocycles. The molecular formula is C14H13N3. The molecule has 0 unspecified atom stereocenters. The average molecular weight is 223 g/mol. The van der Waals surface area contributed by atoms with Crippen molar-refractivity contribution in [3.63, 3.8) is 0 Å². The van der Waals surface area contributed by atoms with E-state index in [1.54, 1.807) is 0 Å². The van der Waals surface area contributed by atoms with Gasteiger partial charge in [0, 0.05) is 5.69 Å². The third-order valence-electron chi connectivity index (χ3n) is 2.89. The number of hydrogen-bond donors (Lipinski definition) is 2. The Morgan fingerprint density at radius 1 is 1.00 bits per heavy atom. The number of benzene rings is 2. The van der Waals surface area contributed by atoms with Gasteiger partial charge in [-0.15, -0.1) is 0 Å². The Balaban J connectivity index is 2.02. The van der Waals surface area contributed by atoms with Crippen molar-refractivity contribution >= 4 is 11.6 Å². The van der Waals surface area contributed by atoms with Crippen LogP contribution in [0.15, 0.2) is 53.5 Å². The third-order valence-corrected chi connectivity index (χ3v) is 2.89. The van der Waals surface area contributed by atoms with Gasteiger partial charge in [-0.3, -0.25) is 0 Å². The molecule has 3 N–H and O–H groups in total. The van der Waals surface area contributed by atoms with Crippen LogP contribution in [0.2, 0.25) is 0 Å².